The van der Waals surface area contributed by atoms with Gasteiger partial charge in [-0.05, 0) is 40.5 Å². The molecule has 1 saturated heterocycles. The van der Waals surface area contributed by atoms with Crippen molar-refractivity contribution in [2.75, 3.05) is 11.9 Å². The number of rotatable bonds is 2. The van der Waals surface area contributed by atoms with Gasteiger partial charge in [-0.3, -0.25) is 9.48 Å². The summed E-state index contributed by atoms with van der Waals surface area (Å²) in [6, 6.07) is -0.125. The van der Waals surface area contributed by atoms with Gasteiger partial charge in [0.15, 0.2) is 0 Å². The third-order valence-corrected chi connectivity index (χ3v) is 4.07. The number of likely N-dealkylation sites (tertiary alicyclic amines) is 1. The van der Waals surface area contributed by atoms with E-state index < -0.39 is 0 Å². The highest BCUT2D eigenvalue weighted by Crippen LogP contribution is 2.23. The Morgan fingerprint density at radius 3 is 2.59 bits per heavy atom. The third-order valence-electron chi connectivity index (χ3n) is 4.07. The molecule has 0 aliphatic carbocycles. The summed E-state index contributed by atoms with van der Waals surface area (Å²) in [5.41, 5.74) is 5.87. The van der Waals surface area contributed by atoms with Crippen LogP contribution in [0.3, 0.4) is 0 Å². The molecular formula is C15H25N5O2. The zero-order valence-corrected chi connectivity index (χ0v) is 13.7. The molecule has 7 nitrogen and oxygen atoms in total. The largest absolute Gasteiger partial charge is 0.369 e. The fraction of sp³-hybridized carbons (Fsp3) is 0.667. The normalized spacial score (nSPS) is 22.5. The van der Waals surface area contributed by atoms with Gasteiger partial charge in [-0.1, -0.05) is 0 Å². The van der Waals surface area contributed by atoms with Gasteiger partial charge in [0.1, 0.15) is 0 Å². The van der Waals surface area contributed by atoms with Crippen LogP contribution in [-0.2, 0) is 10.3 Å². The Kier molecular flexibility index (Phi) is 4.44. The summed E-state index contributed by atoms with van der Waals surface area (Å²) >= 11 is 0. The van der Waals surface area contributed by atoms with Gasteiger partial charge in [0.2, 0.25) is 5.91 Å². The Labute approximate surface area is 130 Å². The Balaban J connectivity index is 2.04. The van der Waals surface area contributed by atoms with Gasteiger partial charge in [0.05, 0.1) is 23.3 Å². The van der Waals surface area contributed by atoms with Crippen LogP contribution in [-0.4, -0.2) is 39.2 Å². The van der Waals surface area contributed by atoms with Crippen LogP contribution >= 0.6 is 0 Å². The number of aromatic nitrogens is 2. The van der Waals surface area contributed by atoms with E-state index in [2.05, 4.69) is 10.4 Å². The minimum absolute atomic E-state index is 0.0910. The molecule has 0 bridgehead atoms. The summed E-state index contributed by atoms with van der Waals surface area (Å²) in [6.45, 7) is 8.46. The molecule has 1 aromatic rings. The van der Waals surface area contributed by atoms with Gasteiger partial charge in [-0.2, -0.15) is 5.10 Å². The van der Waals surface area contributed by atoms with Crippen molar-refractivity contribution in [1.29, 1.82) is 0 Å². The number of carbonyl (C=O) groups excluding carboxylic acids is 2. The fourth-order valence-electron chi connectivity index (χ4n) is 2.57. The number of hydrogen-bond donors (Lipinski definition) is 2. The van der Waals surface area contributed by atoms with Gasteiger partial charge in [-0.15, -0.1) is 0 Å². The number of urea groups is 1. The molecule has 0 saturated carbocycles. The number of hydrogen-bond acceptors (Lipinski definition) is 3. The Hall–Kier alpha value is -2.05. The van der Waals surface area contributed by atoms with Crippen LogP contribution in [0.5, 0.6) is 0 Å². The lowest BCUT2D eigenvalue weighted by Crippen LogP contribution is -2.50. The second-order valence-corrected chi connectivity index (χ2v) is 6.95. The SMILES string of the molecule is C[C@@H]1CC[C@@H](C(N)=O)CN1C(=O)Nc1cnn(C(C)(C)C)c1. The minimum Gasteiger partial charge on any atom is -0.369 e. The van der Waals surface area contributed by atoms with Gasteiger partial charge >= 0.3 is 6.03 Å². The third kappa shape index (κ3) is 3.58. The first-order chi connectivity index (χ1) is 10.2. The summed E-state index contributed by atoms with van der Waals surface area (Å²) in [5.74, 6) is -0.607. The van der Waals surface area contributed by atoms with Crippen molar-refractivity contribution in [3.05, 3.63) is 12.4 Å². The van der Waals surface area contributed by atoms with E-state index >= 15 is 0 Å². The first-order valence-corrected chi connectivity index (χ1v) is 7.60. The molecule has 0 spiro atoms. The van der Waals surface area contributed by atoms with Gasteiger partial charge in [0.25, 0.3) is 0 Å². The molecule has 22 heavy (non-hydrogen) atoms. The van der Waals surface area contributed by atoms with Gasteiger partial charge in [-0.25, -0.2) is 4.79 Å². The highest BCUT2D eigenvalue weighted by molar-refractivity contribution is 5.90. The Bertz CT molecular complexity index is 561. The van der Waals surface area contributed by atoms with Gasteiger partial charge < -0.3 is 16.0 Å². The van der Waals surface area contributed by atoms with Gasteiger partial charge in [0, 0.05) is 18.8 Å². The van der Waals surface area contributed by atoms with E-state index in [-0.39, 0.29) is 29.4 Å². The van der Waals surface area contributed by atoms with Crippen molar-refractivity contribution in [3.8, 4) is 0 Å². The van der Waals surface area contributed by atoms with E-state index in [0.717, 1.165) is 12.8 Å². The van der Waals surface area contributed by atoms with E-state index in [0.29, 0.717) is 12.2 Å². The monoisotopic (exact) mass is 307 g/mol. The molecular weight excluding hydrogens is 282 g/mol. The minimum atomic E-state index is -0.342. The Morgan fingerprint density at radius 1 is 1.36 bits per heavy atom. The van der Waals surface area contributed by atoms with E-state index in [9.17, 15) is 9.59 Å². The van der Waals surface area contributed by atoms with E-state index in [1.165, 1.54) is 0 Å². The maximum absolute atomic E-state index is 12.4. The summed E-state index contributed by atoms with van der Waals surface area (Å²) in [7, 11) is 0. The highest BCUT2D eigenvalue weighted by Gasteiger charge is 2.31. The fourth-order valence-corrected chi connectivity index (χ4v) is 2.57. The molecule has 3 amide bonds. The number of amides is 3. The lowest BCUT2D eigenvalue weighted by Gasteiger charge is -2.36. The molecule has 2 atom stereocenters. The number of piperidine rings is 1. The van der Waals surface area contributed by atoms with Crippen molar-refractivity contribution in [1.82, 2.24) is 14.7 Å². The maximum Gasteiger partial charge on any atom is 0.322 e. The summed E-state index contributed by atoms with van der Waals surface area (Å²) < 4.78 is 1.80. The maximum atomic E-state index is 12.4. The molecule has 2 rings (SSSR count). The lowest BCUT2D eigenvalue weighted by atomic mass is 9.93. The van der Waals surface area contributed by atoms with Crippen molar-refractivity contribution in [2.24, 2.45) is 11.7 Å². The number of nitrogens with zero attached hydrogens (tertiary/aromatic N) is 3. The smallest absolute Gasteiger partial charge is 0.322 e. The predicted octanol–water partition coefficient (Wildman–Crippen LogP) is 1.76. The van der Waals surface area contributed by atoms with Crippen molar-refractivity contribution in [2.45, 2.75) is 52.1 Å². The molecule has 2 heterocycles. The van der Waals surface area contributed by atoms with Crippen LogP contribution in [0.4, 0.5) is 10.5 Å². The number of nitrogens with one attached hydrogen (secondary N) is 1. The first-order valence-electron chi connectivity index (χ1n) is 7.60. The zero-order valence-electron chi connectivity index (χ0n) is 13.7. The summed E-state index contributed by atoms with van der Waals surface area (Å²) in [4.78, 5) is 25.5. The topological polar surface area (TPSA) is 93.2 Å². The molecule has 0 radical (unpaired) electrons. The molecule has 1 aromatic heterocycles. The van der Waals surface area contributed by atoms with Crippen LogP contribution in [0.1, 0.15) is 40.5 Å². The second kappa shape index (κ2) is 5.98. The molecule has 0 unspecified atom stereocenters. The molecule has 1 aliphatic heterocycles. The number of carbonyl (C=O) groups is 2. The summed E-state index contributed by atoms with van der Waals surface area (Å²) in [5, 5.41) is 7.10. The second-order valence-electron chi connectivity index (χ2n) is 6.95. The van der Waals surface area contributed by atoms with Crippen molar-refractivity contribution in [3.63, 3.8) is 0 Å². The number of anilines is 1. The average molecular weight is 307 g/mol. The quantitative estimate of drug-likeness (QED) is 0.871. The molecule has 1 aliphatic rings. The molecule has 1 fully saturated rings. The average Bonchev–Trinajstić information content (AvgIpc) is 2.87. The first kappa shape index (κ1) is 16.3. The molecule has 0 aromatic carbocycles. The molecule has 3 N–H and O–H groups in total. The van der Waals surface area contributed by atoms with Crippen LogP contribution in [0.15, 0.2) is 12.4 Å². The van der Waals surface area contributed by atoms with Crippen LogP contribution in [0, 0.1) is 5.92 Å². The standard InChI is InChI=1S/C15H25N5O2/c1-10-5-6-11(13(16)21)8-19(10)14(22)18-12-7-17-20(9-12)15(2,3)4/h7,9-11H,5-6,8H2,1-4H3,(H2,16,21)(H,18,22)/t10-,11-/m1/s1. The number of primary amides is 1. The highest BCUT2D eigenvalue weighted by atomic mass is 16.2. The van der Waals surface area contributed by atoms with E-state index in [1.807, 2.05) is 27.7 Å². The Morgan fingerprint density at radius 2 is 2.05 bits per heavy atom. The lowest BCUT2D eigenvalue weighted by molar-refractivity contribution is -0.123. The van der Waals surface area contributed by atoms with Crippen LogP contribution < -0.4 is 11.1 Å². The zero-order chi connectivity index (χ0) is 16.5. The molecule has 122 valence electrons. The van der Waals surface area contributed by atoms with E-state index in [4.69, 9.17) is 5.73 Å². The van der Waals surface area contributed by atoms with E-state index in [1.54, 1.807) is 22.0 Å². The van der Waals surface area contributed by atoms with Crippen LogP contribution in [0.2, 0.25) is 0 Å². The number of nitrogens with two attached hydrogens (primary N) is 1. The van der Waals surface area contributed by atoms with Crippen molar-refractivity contribution < 1.29 is 9.59 Å². The molecule has 7 heteroatoms. The predicted molar refractivity (Wildman–Crippen MR) is 84.3 cm³/mol. The summed E-state index contributed by atoms with van der Waals surface area (Å²) in [6.07, 6.45) is 4.95. The van der Waals surface area contributed by atoms with Crippen molar-refractivity contribution >= 4 is 17.6 Å². The van der Waals surface area contributed by atoms with Crippen LogP contribution in [0.25, 0.3) is 0 Å².